The Balaban J connectivity index is 2.13. The van der Waals surface area contributed by atoms with Crippen molar-refractivity contribution in [3.05, 3.63) is 29.3 Å². The van der Waals surface area contributed by atoms with Crippen molar-refractivity contribution in [1.82, 2.24) is 25.5 Å². The molecule has 1 aromatic heterocycles. The van der Waals surface area contributed by atoms with E-state index in [-0.39, 0.29) is 5.91 Å². The fraction of sp³-hybridized carbons (Fsp3) is 0.467. The van der Waals surface area contributed by atoms with E-state index in [4.69, 9.17) is 17.3 Å². The summed E-state index contributed by atoms with van der Waals surface area (Å²) in [5.74, 6) is 0.276. The van der Waals surface area contributed by atoms with Crippen LogP contribution in [0, 0.1) is 0 Å². The lowest BCUT2D eigenvalue weighted by molar-refractivity contribution is -0.125. The number of hydrogen-bond acceptors (Lipinski definition) is 5. The molecule has 124 valence electrons. The molecular weight excluding hydrogens is 316 g/mol. The van der Waals surface area contributed by atoms with Gasteiger partial charge in [-0.15, -0.1) is 10.2 Å². The minimum atomic E-state index is -0.522. The maximum atomic E-state index is 12.3. The maximum absolute atomic E-state index is 12.3. The number of tetrazole rings is 1. The molecule has 1 heterocycles. The van der Waals surface area contributed by atoms with Gasteiger partial charge in [0, 0.05) is 22.7 Å². The molecule has 0 bridgehead atoms. The van der Waals surface area contributed by atoms with Crippen molar-refractivity contribution in [1.29, 1.82) is 0 Å². The molecule has 0 aliphatic carbocycles. The van der Waals surface area contributed by atoms with Crippen LogP contribution >= 0.6 is 11.6 Å². The van der Waals surface area contributed by atoms with E-state index in [2.05, 4.69) is 20.7 Å². The lowest BCUT2D eigenvalue weighted by atomic mass is 10.1. The zero-order valence-corrected chi connectivity index (χ0v) is 14.2. The topological polar surface area (TPSA) is 98.7 Å². The fourth-order valence-electron chi connectivity index (χ4n) is 1.96. The highest BCUT2D eigenvalue weighted by molar-refractivity contribution is 6.30. The Morgan fingerprint density at radius 2 is 2.04 bits per heavy atom. The third-order valence-corrected chi connectivity index (χ3v) is 3.47. The van der Waals surface area contributed by atoms with Gasteiger partial charge < -0.3 is 11.1 Å². The Labute approximate surface area is 140 Å². The highest BCUT2D eigenvalue weighted by Crippen LogP contribution is 2.18. The van der Waals surface area contributed by atoms with Crippen LogP contribution in [0.25, 0.3) is 11.4 Å². The van der Waals surface area contributed by atoms with Crippen LogP contribution in [0.2, 0.25) is 5.02 Å². The first-order valence-electron chi connectivity index (χ1n) is 7.42. The Hall–Kier alpha value is -1.99. The molecule has 0 radical (unpaired) electrons. The molecule has 2 aromatic rings. The van der Waals surface area contributed by atoms with Gasteiger partial charge in [-0.2, -0.15) is 4.80 Å². The number of nitrogens with zero attached hydrogens (tertiary/aromatic N) is 4. The summed E-state index contributed by atoms with van der Waals surface area (Å²) in [7, 11) is 0. The summed E-state index contributed by atoms with van der Waals surface area (Å²) < 4.78 is 0. The molecule has 2 rings (SSSR count). The van der Waals surface area contributed by atoms with Gasteiger partial charge in [0.2, 0.25) is 11.7 Å². The van der Waals surface area contributed by atoms with Crippen LogP contribution in [-0.2, 0) is 4.79 Å². The Bertz CT molecular complexity index is 661. The molecule has 0 fully saturated rings. The Morgan fingerprint density at radius 1 is 1.39 bits per heavy atom. The van der Waals surface area contributed by atoms with Crippen LogP contribution in [0.15, 0.2) is 24.3 Å². The first-order valence-corrected chi connectivity index (χ1v) is 7.80. The quantitative estimate of drug-likeness (QED) is 0.838. The second kappa shape index (κ2) is 7.06. The largest absolute Gasteiger partial charge is 0.352 e. The normalized spacial score (nSPS) is 12.9. The van der Waals surface area contributed by atoms with Crippen LogP contribution in [0.4, 0.5) is 0 Å². The number of carbonyl (C=O) groups is 1. The lowest BCUT2D eigenvalue weighted by Crippen LogP contribution is -2.47. The van der Waals surface area contributed by atoms with Crippen LogP contribution in [0.5, 0.6) is 0 Å². The summed E-state index contributed by atoms with van der Waals surface area (Å²) in [6, 6.07) is 6.60. The minimum absolute atomic E-state index is 0.175. The summed E-state index contributed by atoms with van der Waals surface area (Å²) in [5, 5.41) is 15.8. The van der Waals surface area contributed by atoms with Crippen LogP contribution in [0.1, 0.15) is 33.2 Å². The van der Waals surface area contributed by atoms with Crippen LogP contribution in [-0.4, -0.2) is 38.2 Å². The summed E-state index contributed by atoms with van der Waals surface area (Å²) in [4.78, 5) is 13.6. The van der Waals surface area contributed by atoms with Gasteiger partial charge in [0.05, 0.1) is 0 Å². The van der Waals surface area contributed by atoms with Gasteiger partial charge in [0.1, 0.15) is 0 Å². The molecule has 23 heavy (non-hydrogen) atoms. The van der Waals surface area contributed by atoms with Gasteiger partial charge in [0.25, 0.3) is 0 Å². The number of halogens is 1. The molecule has 3 N–H and O–H groups in total. The predicted octanol–water partition coefficient (Wildman–Crippen LogP) is 1.80. The van der Waals surface area contributed by atoms with E-state index in [0.717, 1.165) is 5.56 Å². The molecule has 1 aromatic carbocycles. The van der Waals surface area contributed by atoms with Crippen molar-refractivity contribution >= 4 is 17.5 Å². The molecular formula is C15H21ClN6O. The number of carbonyl (C=O) groups excluding carboxylic acids is 1. The summed E-state index contributed by atoms with van der Waals surface area (Å²) >= 11 is 5.87. The monoisotopic (exact) mass is 336 g/mol. The Kier molecular flexibility index (Phi) is 5.33. The summed E-state index contributed by atoms with van der Waals surface area (Å²) in [5.41, 5.74) is 6.20. The smallest absolute Gasteiger partial charge is 0.246 e. The van der Waals surface area contributed by atoms with Crippen molar-refractivity contribution in [2.24, 2.45) is 5.73 Å². The van der Waals surface area contributed by atoms with E-state index >= 15 is 0 Å². The number of hydrogen-bond donors (Lipinski definition) is 2. The van der Waals surface area contributed by atoms with E-state index < -0.39 is 11.6 Å². The SMILES string of the molecule is CCC(C(=O)NCC(C)(C)N)n1nnc(-c2ccc(Cl)cc2)n1. The van der Waals surface area contributed by atoms with Crippen molar-refractivity contribution in [2.45, 2.75) is 38.8 Å². The molecule has 0 saturated heterocycles. The van der Waals surface area contributed by atoms with Crippen molar-refractivity contribution in [2.75, 3.05) is 6.54 Å². The fourth-order valence-corrected chi connectivity index (χ4v) is 2.08. The number of benzene rings is 1. The number of nitrogens with two attached hydrogens (primary N) is 1. The molecule has 0 aliphatic rings. The molecule has 1 unspecified atom stereocenters. The highest BCUT2D eigenvalue weighted by Gasteiger charge is 2.23. The number of amides is 1. The van der Waals surface area contributed by atoms with Crippen molar-refractivity contribution < 1.29 is 4.79 Å². The molecule has 0 spiro atoms. The van der Waals surface area contributed by atoms with Crippen molar-refractivity contribution in [3.63, 3.8) is 0 Å². The van der Waals surface area contributed by atoms with Gasteiger partial charge >= 0.3 is 0 Å². The van der Waals surface area contributed by atoms with E-state index in [0.29, 0.717) is 23.8 Å². The third kappa shape index (κ3) is 4.74. The molecule has 0 aliphatic heterocycles. The average molecular weight is 337 g/mol. The second-order valence-corrected chi connectivity index (χ2v) is 6.51. The molecule has 8 heteroatoms. The lowest BCUT2D eigenvalue weighted by Gasteiger charge is -2.21. The molecule has 0 saturated carbocycles. The minimum Gasteiger partial charge on any atom is -0.352 e. The standard InChI is InChI=1S/C15H21ClN6O/c1-4-12(14(23)18-9-15(2,3)17)22-20-13(19-21-22)10-5-7-11(16)8-6-10/h5-8,12H,4,9,17H2,1-3H3,(H,18,23). The average Bonchev–Trinajstić information content (AvgIpc) is 2.95. The number of rotatable bonds is 6. The number of nitrogens with one attached hydrogen (secondary N) is 1. The van der Waals surface area contributed by atoms with Crippen LogP contribution < -0.4 is 11.1 Å². The van der Waals surface area contributed by atoms with Gasteiger partial charge in [-0.25, -0.2) is 0 Å². The molecule has 1 atom stereocenters. The van der Waals surface area contributed by atoms with E-state index in [1.54, 1.807) is 12.1 Å². The van der Waals surface area contributed by atoms with Crippen molar-refractivity contribution in [3.8, 4) is 11.4 Å². The zero-order chi connectivity index (χ0) is 17.0. The first kappa shape index (κ1) is 17.4. The Morgan fingerprint density at radius 3 is 2.61 bits per heavy atom. The number of aromatic nitrogens is 4. The summed E-state index contributed by atoms with van der Waals surface area (Å²) in [6.07, 6.45) is 0.549. The summed E-state index contributed by atoms with van der Waals surface area (Å²) in [6.45, 7) is 5.96. The van der Waals surface area contributed by atoms with Gasteiger partial charge in [-0.1, -0.05) is 18.5 Å². The van der Waals surface area contributed by atoms with Crippen LogP contribution in [0.3, 0.4) is 0 Å². The highest BCUT2D eigenvalue weighted by atomic mass is 35.5. The first-order chi connectivity index (χ1) is 10.8. The second-order valence-electron chi connectivity index (χ2n) is 6.07. The zero-order valence-electron chi connectivity index (χ0n) is 13.5. The molecule has 1 amide bonds. The van der Waals surface area contributed by atoms with Gasteiger partial charge in [-0.3, -0.25) is 4.79 Å². The predicted molar refractivity (Wildman–Crippen MR) is 88.9 cm³/mol. The van der Waals surface area contributed by atoms with Gasteiger partial charge in [-0.05, 0) is 49.7 Å². The third-order valence-electron chi connectivity index (χ3n) is 3.22. The maximum Gasteiger partial charge on any atom is 0.246 e. The van der Waals surface area contributed by atoms with E-state index in [1.807, 2.05) is 32.9 Å². The van der Waals surface area contributed by atoms with E-state index in [9.17, 15) is 4.79 Å². The molecule has 7 nitrogen and oxygen atoms in total. The van der Waals surface area contributed by atoms with Gasteiger partial charge in [0.15, 0.2) is 6.04 Å². The van der Waals surface area contributed by atoms with E-state index in [1.165, 1.54) is 4.80 Å².